The highest BCUT2D eigenvalue weighted by atomic mass is 32.2. The van der Waals surface area contributed by atoms with Gasteiger partial charge >= 0.3 is 0 Å². The minimum atomic E-state index is -3.13. The van der Waals surface area contributed by atoms with Crippen LogP contribution in [0.4, 0.5) is 0 Å². The molecule has 5 nitrogen and oxygen atoms in total. The van der Waals surface area contributed by atoms with E-state index in [4.69, 9.17) is 0 Å². The molecule has 0 aromatic carbocycles. The summed E-state index contributed by atoms with van der Waals surface area (Å²) in [6.45, 7) is 4.04. The molecule has 0 fully saturated rings. The molecule has 7 heteroatoms. The van der Waals surface area contributed by atoms with Gasteiger partial charge in [0.15, 0.2) is 0 Å². The molecule has 0 saturated heterocycles. The van der Waals surface area contributed by atoms with Crippen LogP contribution in [0.3, 0.4) is 0 Å². The predicted octanol–water partition coefficient (Wildman–Crippen LogP) is 0.605. The van der Waals surface area contributed by atoms with Crippen LogP contribution < -0.4 is 10.0 Å². The largest absolute Gasteiger partial charge is 0.317 e. The summed E-state index contributed by atoms with van der Waals surface area (Å²) in [6, 6.07) is 0. The lowest BCUT2D eigenvalue weighted by Gasteiger charge is -2.05. The minimum absolute atomic E-state index is 0.178. The number of hydrogen-bond acceptors (Lipinski definition) is 5. The standard InChI is InChI=1S/C10H19N3O2S2/c1-2-11-5-3-9-17(14,15)13-6-4-10-12-7-8-16-10/h7-8,11,13H,2-6,9H2,1H3. The van der Waals surface area contributed by atoms with Gasteiger partial charge in [0, 0.05) is 24.5 Å². The van der Waals surface area contributed by atoms with E-state index in [1.165, 1.54) is 0 Å². The average molecular weight is 277 g/mol. The molecule has 98 valence electrons. The van der Waals surface area contributed by atoms with Crippen molar-refractivity contribution in [3.05, 3.63) is 16.6 Å². The highest BCUT2D eigenvalue weighted by Crippen LogP contribution is 2.03. The van der Waals surface area contributed by atoms with Crippen molar-refractivity contribution in [2.45, 2.75) is 19.8 Å². The number of hydrogen-bond donors (Lipinski definition) is 2. The molecule has 0 aliphatic rings. The topological polar surface area (TPSA) is 71.1 Å². The summed E-state index contributed by atoms with van der Waals surface area (Å²) in [5.41, 5.74) is 0. The molecule has 0 spiro atoms. The van der Waals surface area contributed by atoms with Crippen LogP contribution >= 0.6 is 11.3 Å². The quantitative estimate of drug-likeness (QED) is 0.649. The van der Waals surface area contributed by atoms with Gasteiger partial charge in [-0.1, -0.05) is 6.92 Å². The molecule has 1 aromatic rings. The van der Waals surface area contributed by atoms with E-state index in [1.807, 2.05) is 12.3 Å². The molecule has 0 bridgehead atoms. The molecule has 1 aromatic heterocycles. The van der Waals surface area contributed by atoms with E-state index in [0.29, 0.717) is 19.4 Å². The Bertz CT molecular complexity index is 390. The molecule has 1 rings (SSSR count). The molecule has 17 heavy (non-hydrogen) atoms. The lowest BCUT2D eigenvalue weighted by atomic mass is 10.5. The van der Waals surface area contributed by atoms with Gasteiger partial charge in [0.1, 0.15) is 0 Å². The Morgan fingerprint density at radius 3 is 2.88 bits per heavy atom. The van der Waals surface area contributed by atoms with Gasteiger partial charge < -0.3 is 5.32 Å². The van der Waals surface area contributed by atoms with Crippen LogP contribution in [0.5, 0.6) is 0 Å². The fourth-order valence-electron chi connectivity index (χ4n) is 1.33. The molecule has 0 radical (unpaired) electrons. The maximum atomic E-state index is 11.6. The van der Waals surface area contributed by atoms with Crippen molar-refractivity contribution in [1.29, 1.82) is 0 Å². The van der Waals surface area contributed by atoms with Crippen LogP contribution in [-0.2, 0) is 16.4 Å². The third-order valence-corrected chi connectivity index (χ3v) is 4.47. The van der Waals surface area contributed by atoms with E-state index < -0.39 is 10.0 Å². The maximum absolute atomic E-state index is 11.6. The van der Waals surface area contributed by atoms with Crippen molar-refractivity contribution < 1.29 is 8.42 Å². The average Bonchev–Trinajstić information content (AvgIpc) is 2.77. The Hall–Kier alpha value is -0.500. The van der Waals surface area contributed by atoms with Gasteiger partial charge in [-0.2, -0.15) is 0 Å². The first-order valence-electron chi connectivity index (χ1n) is 5.70. The van der Waals surface area contributed by atoms with Gasteiger partial charge in [-0.15, -0.1) is 11.3 Å². The number of rotatable bonds is 9. The number of nitrogens with one attached hydrogen (secondary N) is 2. The second kappa shape index (κ2) is 7.75. The van der Waals surface area contributed by atoms with E-state index in [1.54, 1.807) is 17.5 Å². The zero-order valence-electron chi connectivity index (χ0n) is 9.98. The number of nitrogens with zero attached hydrogens (tertiary/aromatic N) is 1. The third-order valence-electron chi connectivity index (χ3n) is 2.16. The molecule has 0 amide bonds. The van der Waals surface area contributed by atoms with Crippen molar-refractivity contribution >= 4 is 21.4 Å². The summed E-state index contributed by atoms with van der Waals surface area (Å²) >= 11 is 1.54. The highest BCUT2D eigenvalue weighted by molar-refractivity contribution is 7.89. The van der Waals surface area contributed by atoms with E-state index in [0.717, 1.165) is 18.1 Å². The van der Waals surface area contributed by atoms with Gasteiger partial charge in [-0.3, -0.25) is 0 Å². The number of thiazole rings is 1. The first kappa shape index (κ1) is 14.6. The molecule has 0 aliphatic heterocycles. The normalized spacial score (nSPS) is 11.8. The number of aromatic nitrogens is 1. The molecule has 0 unspecified atom stereocenters. The molecule has 2 N–H and O–H groups in total. The van der Waals surface area contributed by atoms with Crippen LogP contribution in [0.25, 0.3) is 0 Å². The lowest BCUT2D eigenvalue weighted by Crippen LogP contribution is -2.29. The first-order valence-corrected chi connectivity index (χ1v) is 8.23. The molecular formula is C10H19N3O2S2. The fourth-order valence-corrected chi connectivity index (χ4v) is 3.03. The maximum Gasteiger partial charge on any atom is 0.211 e. The van der Waals surface area contributed by atoms with Crippen molar-refractivity contribution in [3.8, 4) is 0 Å². The van der Waals surface area contributed by atoms with Crippen molar-refractivity contribution in [1.82, 2.24) is 15.0 Å². The van der Waals surface area contributed by atoms with Crippen molar-refractivity contribution in [2.75, 3.05) is 25.4 Å². The van der Waals surface area contributed by atoms with Crippen molar-refractivity contribution in [2.24, 2.45) is 0 Å². The first-order chi connectivity index (χ1) is 8.14. The van der Waals surface area contributed by atoms with Crippen LogP contribution in [0.1, 0.15) is 18.4 Å². The van der Waals surface area contributed by atoms with Crippen LogP contribution in [0.15, 0.2) is 11.6 Å². The van der Waals surface area contributed by atoms with Crippen LogP contribution in [0.2, 0.25) is 0 Å². The molecular weight excluding hydrogens is 258 g/mol. The molecule has 0 atom stereocenters. The van der Waals surface area contributed by atoms with Crippen LogP contribution in [0, 0.1) is 0 Å². The summed E-state index contributed by atoms with van der Waals surface area (Å²) in [4.78, 5) is 4.10. The Balaban J connectivity index is 2.16. The summed E-state index contributed by atoms with van der Waals surface area (Å²) in [5, 5.41) is 5.95. The lowest BCUT2D eigenvalue weighted by molar-refractivity contribution is 0.576. The third kappa shape index (κ3) is 6.72. The second-order valence-electron chi connectivity index (χ2n) is 3.60. The minimum Gasteiger partial charge on any atom is -0.317 e. The van der Waals surface area contributed by atoms with E-state index in [9.17, 15) is 8.42 Å². The second-order valence-corrected chi connectivity index (χ2v) is 6.50. The summed E-state index contributed by atoms with van der Waals surface area (Å²) in [5.74, 6) is 0.178. The molecule has 1 heterocycles. The smallest absolute Gasteiger partial charge is 0.211 e. The zero-order valence-corrected chi connectivity index (χ0v) is 11.6. The van der Waals surface area contributed by atoms with Gasteiger partial charge in [0.25, 0.3) is 0 Å². The van der Waals surface area contributed by atoms with E-state index in [2.05, 4.69) is 15.0 Å². The summed E-state index contributed by atoms with van der Waals surface area (Å²) < 4.78 is 25.7. The molecule has 0 saturated carbocycles. The van der Waals surface area contributed by atoms with Gasteiger partial charge in [0.05, 0.1) is 10.8 Å². The van der Waals surface area contributed by atoms with Gasteiger partial charge in [-0.25, -0.2) is 18.1 Å². The Labute approximate surface area is 107 Å². The Morgan fingerprint density at radius 1 is 1.41 bits per heavy atom. The zero-order chi connectivity index (χ0) is 12.6. The Kier molecular flexibility index (Phi) is 6.64. The molecule has 0 aliphatic carbocycles. The van der Waals surface area contributed by atoms with Crippen molar-refractivity contribution in [3.63, 3.8) is 0 Å². The van der Waals surface area contributed by atoms with Gasteiger partial charge in [-0.05, 0) is 19.5 Å². The number of sulfonamides is 1. The fraction of sp³-hybridized carbons (Fsp3) is 0.700. The monoisotopic (exact) mass is 277 g/mol. The predicted molar refractivity (Wildman–Crippen MR) is 70.8 cm³/mol. The SMILES string of the molecule is CCNCCCS(=O)(=O)NCCc1nccs1. The summed E-state index contributed by atoms with van der Waals surface area (Å²) in [7, 11) is -3.13. The Morgan fingerprint density at radius 2 is 2.24 bits per heavy atom. The highest BCUT2D eigenvalue weighted by Gasteiger charge is 2.09. The summed E-state index contributed by atoms with van der Waals surface area (Å²) in [6.07, 6.45) is 3.02. The van der Waals surface area contributed by atoms with E-state index in [-0.39, 0.29) is 5.75 Å². The van der Waals surface area contributed by atoms with Gasteiger partial charge in [0.2, 0.25) is 10.0 Å². The van der Waals surface area contributed by atoms with E-state index >= 15 is 0 Å². The van der Waals surface area contributed by atoms with Crippen LogP contribution in [-0.4, -0.2) is 38.8 Å².